The van der Waals surface area contributed by atoms with Crippen LogP contribution in [0.5, 0.6) is 0 Å². The topological polar surface area (TPSA) is 101 Å². The van der Waals surface area contributed by atoms with Crippen molar-refractivity contribution < 1.29 is 14.5 Å². The van der Waals surface area contributed by atoms with E-state index in [2.05, 4.69) is 10.6 Å². The summed E-state index contributed by atoms with van der Waals surface area (Å²) in [5.41, 5.74) is 2.42. The smallest absolute Gasteiger partial charge is 0.318 e. The molecule has 7 heteroatoms. The fraction of sp³-hybridized carbons (Fsp3) is 0.273. The minimum atomic E-state index is -1.92. The van der Waals surface area contributed by atoms with Crippen molar-refractivity contribution in [2.45, 2.75) is 19.9 Å². The maximum Gasteiger partial charge on any atom is 0.366 e. The van der Waals surface area contributed by atoms with Gasteiger partial charge >= 0.3 is 17.9 Å². The van der Waals surface area contributed by atoms with Gasteiger partial charge in [-0.1, -0.05) is 6.07 Å². The molecule has 7 nitrogen and oxygen atoms in total. The van der Waals surface area contributed by atoms with E-state index in [4.69, 9.17) is 0 Å². The highest BCUT2D eigenvalue weighted by Gasteiger charge is 2.41. The zero-order valence-corrected chi connectivity index (χ0v) is 9.81. The highest BCUT2D eigenvalue weighted by atomic mass is 16.6. The minimum absolute atomic E-state index is 0.384. The number of carbonyl (C=O) groups is 2. The average Bonchev–Trinajstić information content (AvgIpc) is 2.33. The normalized spacial score (nSPS) is 18.4. The van der Waals surface area contributed by atoms with E-state index in [0.717, 1.165) is 11.1 Å². The lowest BCUT2D eigenvalue weighted by atomic mass is 10.1. The van der Waals surface area contributed by atoms with Crippen LogP contribution in [0.1, 0.15) is 11.1 Å². The van der Waals surface area contributed by atoms with Crippen LogP contribution in [0.2, 0.25) is 0 Å². The summed E-state index contributed by atoms with van der Waals surface area (Å²) in [6.07, 6.45) is 0. The molecule has 2 rings (SSSR count). The number of hydrogen-bond acceptors (Lipinski definition) is 4. The van der Waals surface area contributed by atoms with Crippen molar-refractivity contribution in [3.63, 3.8) is 0 Å². The number of nitrogens with one attached hydrogen (secondary N) is 2. The summed E-state index contributed by atoms with van der Waals surface area (Å²) < 4.78 is 0. The van der Waals surface area contributed by atoms with Gasteiger partial charge in [-0.3, -0.25) is 19.7 Å². The van der Waals surface area contributed by atoms with Crippen molar-refractivity contribution in [3.8, 4) is 0 Å². The van der Waals surface area contributed by atoms with Gasteiger partial charge in [0, 0.05) is 4.92 Å². The van der Waals surface area contributed by atoms with E-state index in [1.165, 1.54) is 0 Å². The number of nitrogens with zero attached hydrogens (tertiary/aromatic N) is 1. The SMILES string of the molecule is Cc1cc(C)c2c(c1)NC(=O)C([N+](=O)[O-])C(=O)N2. The first-order valence-electron chi connectivity index (χ1n) is 5.26. The quantitative estimate of drug-likeness (QED) is 0.437. The Labute approximate surface area is 102 Å². The largest absolute Gasteiger partial charge is 0.366 e. The molecule has 1 aliphatic rings. The molecule has 0 saturated carbocycles. The van der Waals surface area contributed by atoms with E-state index in [0.29, 0.717) is 11.4 Å². The zero-order valence-electron chi connectivity index (χ0n) is 9.81. The summed E-state index contributed by atoms with van der Waals surface area (Å²) in [7, 11) is 0. The summed E-state index contributed by atoms with van der Waals surface area (Å²) >= 11 is 0. The molecule has 1 aromatic carbocycles. The maximum atomic E-state index is 11.7. The molecule has 1 unspecified atom stereocenters. The van der Waals surface area contributed by atoms with Gasteiger partial charge in [0.05, 0.1) is 11.4 Å². The van der Waals surface area contributed by atoms with Crippen LogP contribution in [0.25, 0.3) is 0 Å². The molecule has 1 atom stereocenters. The first kappa shape index (κ1) is 12.0. The fourth-order valence-electron chi connectivity index (χ4n) is 1.94. The predicted molar refractivity (Wildman–Crippen MR) is 64.0 cm³/mol. The minimum Gasteiger partial charge on any atom is -0.318 e. The zero-order chi connectivity index (χ0) is 13.4. The Bertz CT molecular complexity index is 568. The second-order valence-electron chi connectivity index (χ2n) is 4.17. The number of hydrogen-bond donors (Lipinski definition) is 2. The first-order valence-corrected chi connectivity index (χ1v) is 5.26. The Kier molecular flexibility index (Phi) is 2.74. The Morgan fingerprint density at radius 3 is 2.39 bits per heavy atom. The number of fused-ring (bicyclic) bond motifs is 1. The van der Waals surface area contributed by atoms with Crippen molar-refractivity contribution >= 4 is 23.2 Å². The molecular formula is C11H11N3O4. The molecule has 0 fully saturated rings. The van der Waals surface area contributed by atoms with Gasteiger partial charge in [0.2, 0.25) is 0 Å². The van der Waals surface area contributed by atoms with Gasteiger partial charge in [0.15, 0.2) is 0 Å². The van der Waals surface area contributed by atoms with Crippen LogP contribution < -0.4 is 10.6 Å². The third-order valence-electron chi connectivity index (χ3n) is 2.69. The molecule has 0 aromatic heterocycles. The van der Waals surface area contributed by atoms with Crippen LogP contribution in [0.15, 0.2) is 12.1 Å². The lowest BCUT2D eigenvalue weighted by Gasteiger charge is -2.10. The van der Waals surface area contributed by atoms with Gasteiger partial charge in [0.1, 0.15) is 0 Å². The van der Waals surface area contributed by atoms with E-state index in [1.54, 1.807) is 13.0 Å². The predicted octanol–water partition coefficient (Wildman–Crippen LogP) is 0.839. The molecule has 1 aliphatic heterocycles. The van der Waals surface area contributed by atoms with E-state index in [-0.39, 0.29) is 0 Å². The number of rotatable bonds is 1. The number of anilines is 2. The molecule has 0 radical (unpaired) electrons. The summed E-state index contributed by atoms with van der Waals surface area (Å²) in [6.45, 7) is 3.59. The van der Waals surface area contributed by atoms with Crippen LogP contribution in [0.3, 0.4) is 0 Å². The van der Waals surface area contributed by atoms with Crippen LogP contribution in [0.4, 0.5) is 11.4 Å². The number of nitro groups is 1. The van der Waals surface area contributed by atoms with Crippen LogP contribution in [-0.4, -0.2) is 22.8 Å². The Morgan fingerprint density at radius 1 is 1.17 bits per heavy atom. The molecule has 1 aromatic rings. The molecule has 2 N–H and O–H groups in total. The van der Waals surface area contributed by atoms with Gasteiger partial charge in [-0.25, -0.2) is 0 Å². The van der Waals surface area contributed by atoms with Crippen LogP contribution in [0, 0.1) is 24.0 Å². The van der Waals surface area contributed by atoms with Gasteiger partial charge in [0.25, 0.3) is 0 Å². The van der Waals surface area contributed by atoms with Crippen molar-refractivity contribution in [1.29, 1.82) is 0 Å². The third-order valence-corrected chi connectivity index (χ3v) is 2.69. The standard InChI is InChI=1S/C11H11N3O4/c1-5-3-6(2)8-7(4-5)12-10(15)9(14(17)18)11(16)13-8/h3-4,9H,1-2H3,(H,12,15)(H,13,16). The van der Waals surface area contributed by atoms with E-state index in [9.17, 15) is 19.7 Å². The van der Waals surface area contributed by atoms with Crippen molar-refractivity contribution in [2.75, 3.05) is 10.6 Å². The number of amides is 2. The van der Waals surface area contributed by atoms with Crippen LogP contribution in [-0.2, 0) is 9.59 Å². The van der Waals surface area contributed by atoms with E-state index >= 15 is 0 Å². The van der Waals surface area contributed by atoms with E-state index in [1.807, 2.05) is 13.0 Å². The number of benzene rings is 1. The molecule has 2 amide bonds. The molecule has 0 bridgehead atoms. The average molecular weight is 249 g/mol. The number of aryl methyl sites for hydroxylation is 2. The molecule has 0 spiro atoms. The van der Waals surface area contributed by atoms with Gasteiger partial charge in [-0.2, -0.15) is 0 Å². The maximum absolute atomic E-state index is 11.7. The van der Waals surface area contributed by atoms with Crippen molar-refractivity contribution in [2.24, 2.45) is 0 Å². The van der Waals surface area contributed by atoms with Crippen molar-refractivity contribution in [1.82, 2.24) is 0 Å². The summed E-state index contributed by atoms with van der Waals surface area (Å²) in [5.74, 6) is -1.86. The Morgan fingerprint density at radius 2 is 1.78 bits per heavy atom. The molecular weight excluding hydrogens is 238 g/mol. The second-order valence-corrected chi connectivity index (χ2v) is 4.17. The lowest BCUT2D eigenvalue weighted by Crippen LogP contribution is -2.42. The first-order chi connectivity index (χ1) is 8.40. The Hall–Kier alpha value is -2.44. The van der Waals surface area contributed by atoms with E-state index < -0.39 is 22.8 Å². The molecule has 94 valence electrons. The number of carbonyl (C=O) groups excluding carboxylic acids is 2. The fourth-order valence-corrected chi connectivity index (χ4v) is 1.94. The lowest BCUT2D eigenvalue weighted by molar-refractivity contribution is -0.492. The summed E-state index contributed by atoms with van der Waals surface area (Å²) in [6, 6.07) is 1.55. The molecule has 0 aliphatic carbocycles. The highest BCUT2D eigenvalue weighted by molar-refractivity contribution is 6.17. The Balaban J connectivity index is 2.52. The summed E-state index contributed by atoms with van der Waals surface area (Å²) in [5, 5.41) is 15.5. The van der Waals surface area contributed by atoms with Gasteiger partial charge in [-0.05, 0) is 31.0 Å². The molecule has 0 saturated heterocycles. The highest BCUT2D eigenvalue weighted by Crippen LogP contribution is 2.30. The van der Waals surface area contributed by atoms with Gasteiger partial charge < -0.3 is 10.6 Å². The van der Waals surface area contributed by atoms with Crippen LogP contribution >= 0.6 is 0 Å². The van der Waals surface area contributed by atoms with Crippen molar-refractivity contribution in [3.05, 3.63) is 33.4 Å². The molecule has 18 heavy (non-hydrogen) atoms. The molecule has 1 heterocycles. The second kappa shape index (κ2) is 4.10. The monoisotopic (exact) mass is 249 g/mol. The summed E-state index contributed by atoms with van der Waals surface area (Å²) in [4.78, 5) is 33.1. The van der Waals surface area contributed by atoms with Gasteiger partial charge in [-0.15, -0.1) is 0 Å². The third kappa shape index (κ3) is 1.90.